The van der Waals surface area contributed by atoms with Crippen molar-refractivity contribution in [1.29, 1.82) is 0 Å². The molecule has 0 radical (unpaired) electrons. The number of halogens is 4. The van der Waals surface area contributed by atoms with Crippen molar-refractivity contribution in [3.63, 3.8) is 0 Å². The normalized spacial score (nSPS) is 26.5. The SMILES string of the molecule is CC1Cc2c(-c3ccc(-c4cnc([C@@H]5CC(F)(F)CN5)[nH]4)cc3)ccc(-c3cnc([C@@H]4CC(F)(F)CN4)[nH]3)c2C1C. The molecular weight excluding hydrogens is 532 g/mol. The first-order valence-corrected chi connectivity index (χ1v) is 14.2. The maximum absolute atomic E-state index is 13.8. The summed E-state index contributed by atoms with van der Waals surface area (Å²) in [6.07, 6.45) is 3.88. The molecule has 6 nitrogen and oxygen atoms in total. The standard InChI is InChI=1S/C31H32F4N6/c1-16-9-22-20(18-3-5-19(6-4-18)25-12-36-28(40-25)23-10-30(32,33)14-38-23)7-8-21(27(22)17(16)2)26-13-37-29(41-26)24-11-31(34,35)15-39-24/h3-8,12-13,16-17,23-24,38-39H,9-11,14-15H2,1-2H3,(H,36,40)(H,37,41)/t16?,17?,23-,24-/m0/s1. The summed E-state index contributed by atoms with van der Waals surface area (Å²) < 4.78 is 54.8. The molecule has 7 rings (SSSR count). The zero-order valence-electron chi connectivity index (χ0n) is 22.9. The highest BCUT2D eigenvalue weighted by Crippen LogP contribution is 2.47. The lowest BCUT2D eigenvalue weighted by molar-refractivity contribution is 0.0201. The van der Waals surface area contributed by atoms with E-state index < -0.39 is 23.9 Å². The molecule has 2 fully saturated rings. The van der Waals surface area contributed by atoms with Crippen molar-refractivity contribution in [3.05, 3.63) is 71.6 Å². The van der Waals surface area contributed by atoms with Crippen molar-refractivity contribution in [2.45, 2.75) is 63.0 Å². The summed E-state index contributed by atoms with van der Waals surface area (Å²) in [5.41, 5.74) is 8.48. The number of aromatic nitrogens is 4. The van der Waals surface area contributed by atoms with Crippen LogP contribution >= 0.6 is 0 Å². The van der Waals surface area contributed by atoms with E-state index >= 15 is 0 Å². The molecule has 2 saturated heterocycles. The van der Waals surface area contributed by atoms with Gasteiger partial charge in [0.25, 0.3) is 11.8 Å². The monoisotopic (exact) mass is 564 g/mol. The topological polar surface area (TPSA) is 81.4 Å². The van der Waals surface area contributed by atoms with Crippen LogP contribution in [0.3, 0.4) is 0 Å². The molecule has 214 valence electrons. The van der Waals surface area contributed by atoms with E-state index in [0.717, 1.165) is 34.5 Å². The van der Waals surface area contributed by atoms with Gasteiger partial charge in [0.15, 0.2) is 0 Å². The molecular formula is C31H32F4N6. The minimum absolute atomic E-state index is 0.256. The van der Waals surface area contributed by atoms with Crippen LogP contribution in [0.15, 0.2) is 48.8 Å². The van der Waals surface area contributed by atoms with Gasteiger partial charge >= 0.3 is 0 Å². The van der Waals surface area contributed by atoms with E-state index in [9.17, 15) is 17.6 Å². The van der Waals surface area contributed by atoms with Crippen LogP contribution in [-0.2, 0) is 6.42 Å². The molecule has 2 aromatic heterocycles. The minimum Gasteiger partial charge on any atom is -0.341 e. The number of rotatable bonds is 5. The Balaban J connectivity index is 1.17. The number of aromatic amines is 2. The second kappa shape index (κ2) is 9.52. The number of fused-ring (bicyclic) bond motifs is 1. The molecule has 1 aliphatic carbocycles. The van der Waals surface area contributed by atoms with E-state index in [0.29, 0.717) is 23.5 Å². The fraction of sp³-hybridized carbons (Fsp3) is 0.419. The lowest BCUT2D eigenvalue weighted by Gasteiger charge is -2.16. The third kappa shape index (κ3) is 4.76. The first-order valence-electron chi connectivity index (χ1n) is 14.2. The van der Waals surface area contributed by atoms with Crippen molar-refractivity contribution in [2.24, 2.45) is 5.92 Å². The number of imidazole rings is 2. The molecule has 4 atom stereocenters. The quantitative estimate of drug-likeness (QED) is 0.202. The average Bonchev–Trinajstić information content (AvgIpc) is 3.76. The Kier molecular flexibility index (Phi) is 6.13. The smallest absolute Gasteiger partial charge is 0.262 e. The number of hydrogen-bond acceptors (Lipinski definition) is 4. The molecule has 4 heterocycles. The predicted molar refractivity (Wildman–Crippen MR) is 149 cm³/mol. The molecule has 41 heavy (non-hydrogen) atoms. The predicted octanol–water partition coefficient (Wildman–Crippen LogP) is 6.77. The van der Waals surface area contributed by atoms with Crippen LogP contribution in [0.4, 0.5) is 17.6 Å². The fourth-order valence-electron chi connectivity index (χ4n) is 6.65. The van der Waals surface area contributed by atoms with Crippen LogP contribution < -0.4 is 10.6 Å². The number of H-pyrrole nitrogens is 2. The van der Waals surface area contributed by atoms with Gasteiger partial charge in [-0.2, -0.15) is 0 Å². The van der Waals surface area contributed by atoms with Crippen molar-refractivity contribution >= 4 is 0 Å². The highest BCUT2D eigenvalue weighted by Gasteiger charge is 2.42. The average molecular weight is 565 g/mol. The third-order valence-electron chi connectivity index (χ3n) is 9.06. The molecule has 3 aliphatic rings. The first-order chi connectivity index (χ1) is 19.6. The van der Waals surface area contributed by atoms with E-state index in [-0.39, 0.29) is 25.9 Å². The number of benzene rings is 2. The second-order valence-corrected chi connectivity index (χ2v) is 12.0. The van der Waals surface area contributed by atoms with Gasteiger partial charge in [-0.15, -0.1) is 0 Å². The summed E-state index contributed by atoms with van der Waals surface area (Å²) in [6.45, 7) is 3.84. The number of nitrogens with one attached hydrogen (secondary N) is 4. The fourth-order valence-corrected chi connectivity index (χ4v) is 6.65. The summed E-state index contributed by atoms with van der Waals surface area (Å²) >= 11 is 0. The Hall–Kier alpha value is -3.50. The van der Waals surface area contributed by atoms with Gasteiger partial charge in [0.1, 0.15) is 11.6 Å². The summed E-state index contributed by atoms with van der Waals surface area (Å²) in [6, 6.07) is 11.5. The van der Waals surface area contributed by atoms with Crippen molar-refractivity contribution < 1.29 is 17.6 Å². The third-order valence-corrected chi connectivity index (χ3v) is 9.06. The van der Waals surface area contributed by atoms with E-state index in [2.05, 4.69) is 68.7 Å². The largest absolute Gasteiger partial charge is 0.341 e. The lowest BCUT2D eigenvalue weighted by Crippen LogP contribution is -2.19. The van der Waals surface area contributed by atoms with Gasteiger partial charge in [-0.25, -0.2) is 27.5 Å². The number of hydrogen-bond donors (Lipinski definition) is 4. The van der Waals surface area contributed by atoms with E-state index in [1.807, 2.05) is 12.1 Å². The Labute approximate surface area is 235 Å². The molecule has 4 aromatic rings. The van der Waals surface area contributed by atoms with E-state index in [1.54, 1.807) is 12.4 Å². The van der Waals surface area contributed by atoms with Gasteiger partial charge < -0.3 is 20.6 Å². The molecule has 0 saturated carbocycles. The summed E-state index contributed by atoms with van der Waals surface area (Å²) in [7, 11) is 0. The van der Waals surface area contributed by atoms with Crippen LogP contribution in [0.1, 0.15) is 67.5 Å². The van der Waals surface area contributed by atoms with Crippen LogP contribution in [-0.4, -0.2) is 44.9 Å². The summed E-state index contributed by atoms with van der Waals surface area (Å²) in [5, 5.41) is 5.72. The highest BCUT2D eigenvalue weighted by molar-refractivity contribution is 5.79. The lowest BCUT2D eigenvalue weighted by atomic mass is 9.89. The van der Waals surface area contributed by atoms with Crippen LogP contribution in [0, 0.1) is 5.92 Å². The molecule has 2 unspecified atom stereocenters. The number of alkyl halides is 4. The molecule has 2 aliphatic heterocycles. The molecule has 4 N–H and O–H groups in total. The molecule has 10 heteroatoms. The maximum Gasteiger partial charge on any atom is 0.262 e. The van der Waals surface area contributed by atoms with Crippen LogP contribution in [0.2, 0.25) is 0 Å². The van der Waals surface area contributed by atoms with Gasteiger partial charge in [-0.3, -0.25) is 0 Å². The number of nitrogens with zero attached hydrogens (tertiary/aromatic N) is 2. The zero-order valence-corrected chi connectivity index (χ0v) is 22.9. The molecule has 0 spiro atoms. The summed E-state index contributed by atoms with van der Waals surface area (Å²) in [4.78, 5) is 15.4. The summed E-state index contributed by atoms with van der Waals surface area (Å²) in [5.74, 6) is -3.57. The van der Waals surface area contributed by atoms with E-state index in [4.69, 9.17) is 0 Å². The molecule has 0 amide bonds. The van der Waals surface area contributed by atoms with Gasteiger partial charge in [0.2, 0.25) is 0 Å². The Morgan fingerprint density at radius 2 is 1.24 bits per heavy atom. The van der Waals surface area contributed by atoms with Crippen molar-refractivity contribution in [2.75, 3.05) is 13.1 Å². The van der Waals surface area contributed by atoms with Gasteiger partial charge in [0.05, 0.1) is 49.0 Å². The van der Waals surface area contributed by atoms with Crippen molar-refractivity contribution in [1.82, 2.24) is 30.6 Å². The van der Waals surface area contributed by atoms with E-state index in [1.165, 1.54) is 16.7 Å². The van der Waals surface area contributed by atoms with Gasteiger partial charge in [-0.1, -0.05) is 50.2 Å². The minimum atomic E-state index is -2.72. The Bertz CT molecular complexity index is 1590. The first kappa shape index (κ1) is 26.4. The van der Waals surface area contributed by atoms with Gasteiger partial charge in [-0.05, 0) is 46.1 Å². The molecule has 2 aromatic carbocycles. The van der Waals surface area contributed by atoms with Crippen LogP contribution in [0.5, 0.6) is 0 Å². The van der Waals surface area contributed by atoms with Gasteiger partial charge in [0, 0.05) is 18.4 Å². The highest BCUT2D eigenvalue weighted by atomic mass is 19.3. The zero-order chi connectivity index (χ0) is 28.5. The second-order valence-electron chi connectivity index (χ2n) is 12.0. The van der Waals surface area contributed by atoms with Crippen molar-refractivity contribution in [3.8, 4) is 33.6 Å². The maximum atomic E-state index is 13.8. The molecule has 0 bridgehead atoms. The Morgan fingerprint density at radius 3 is 1.83 bits per heavy atom. The Morgan fingerprint density at radius 1 is 0.707 bits per heavy atom. The van der Waals surface area contributed by atoms with Crippen LogP contribution in [0.25, 0.3) is 33.6 Å².